The molecule has 6 rings (SSSR count). The largest absolute Gasteiger partial charge is 0.419 e. The van der Waals surface area contributed by atoms with Gasteiger partial charge in [0.2, 0.25) is 5.91 Å². The van der Waals surface area contributed by atoms with E-state index in [1.54, 1.807) is 16.8 Å². The van der Waals surface area contributed by atoms with E-state index in [0.29, 0.717) is 34.8 Å². The maximum Gasteiger partial charge on any atom is 0.419 e. The number of nitrogen functional groups attached to an aromatic ring is 1. The van der Waals surface area contributed by atoms with Crippen molar-refractivity contribution < 1.29 is 22.8 Å². The molecule has 10 nitrogen and oxygen atoms in total. The predicted octanol–water partition coefficient (Wildman–Crippen LogP) is 4.09. The molecule has 4 aromatic rings. The molecule has 1 saturated heterocycles. The number of fused-ring (bicyclic) bond motifs is 3. The van der Waals surface area contributed by atoms with Gasteiger partial charge in [-0.05, 0) is 49.1 Å². The molecule has 2 amide bonds. The number of nitrogens with zero attached hydrogens (tertiary/aromatic N) is 6. The van der Waals surface area contributed by atoms with E-state index in [2.05, 4.69) is 26.8 Å². The maximum atomic E-state index is 13.3. The Labute approximate surface area is 225 Å². The second-order valence-corrected chi connectivity index (χ2v) is 9.85. The highest BCUT2D eigenvalue weighted by atomic mass is 19.4. The first-order chi connectivity index (χ1) is 19.2. The smallest absolute Gasteiger partial charge is 0.383 e. The average Bonchev–Trinajstić information content (AvgIpc) is 3.66. The number of rotatable bonds is 5. The van der Waals surface area contributed by atoms with Crippen molar-refractivity contribution in [2.24, 2.45) is 5.92 Å². The van der Waals surface area contributed by atoms with Crippen molar-refractivity contribution in [3.05, 3.63) is 72.7 Å². The Hall–Kier alpha value is -4.81. The first kappa shape index (κ1) is 25.5. The van der Waals surface area contributed by atoms with Gasteiger partial charge in [0.25, 0.3) is 5.91 Å². The van der Waals surface area contributed by atoms with Gasteiger partial charge >= 0.3 is 6.18 Å². The van der Waals surface area contributed by atoms with E-state index < -0.39 is 23.5 Å². The van der Waals surface area contributed by atoms with E-state index in [9.17, 15) is 22.8 Å². The SMILES string of the molecule is C=CC(=O)N1C[C@@H]2C[C@H]1[C@@H](n1nc(-c3ccc(C(=O)Nc4ncccc4C(F)(F)F)cc3)c3c(N)ncnc31)C2. The number of carbonyl (C=O) groups excluding carboxylic acids is 2. The van der Waals surface area contributed by atoms with Crippen LogP contribution in [0.1, 0.15) is 34.8 Å². The number of carbonyl (C=O) groups is 2. The Bertz CT molecular complexity index is 1650. The number of piperidine rings is 1. The van der Waals surface area contributed by atoms with E-state index in [1.807, 2.05) is 4.90 Å². The van der Waals surface area contributed by atoms with Gasteiger partial charge in [-0.2, -0.15) is 18.3 Å². The lowest BCUT2D eigenvalue weighted by atomic mass is 10.1. The van der Waals surface area contributed by atoms with Crippen molar-refractivity contribution in [1.82, 2.24) is 29.6 Å². The summed E-state index contributed by atoms with van der Waals surface area (Å²) in [6, 6.07) is 8.05. The summed E-state index contributed by atoms with van der Waals surface area (Å²) in [6.45, 7) is 4.30. The second-order valence-electron chi connectivity index (χ2n) is 9.85. The maximum absolute atomic E-state index is 13.3. The summed E-state index contributed by atoms with van der Waals surface area (Å²) in [7, 11) is 0. The van der Waals surface area contributed by atoms with Crippen molar-refractivity contribution in [1.29, 1.82) is 0 Å². The molecule has 0 unspecified atom stereocenters. The minimum atomic E-state index is -4.67. The molecular weight excluding hydrogens is 525 g/mol. The number of hydrogen-bond donors (Lipinski definition) is 2. The zero-order chi connectivity index (χ0) is 28.2. The minimum absolute atomic E-state index is 0.0538. The molecule has 3 aromatic heterocycles. The van der Waals surface area contributed by atoms with Crippen LogP contribution in [0.2, 0.25) is 0 Å². The van der Waals surface area contributed by atoms with Crippen LogP contribution in [0.15, 0.2) is 61.6 Å². The average molecular weight is 549 g/mol. The Balaban J connectivity index is 1.32. The first-order valence-corrected chi connectivity index (χ1v) is 12.5. The number of halogens is 3. The molecule has 1 aliphatic carbocycles. The fourth-order valence-corrected chi connectivity index (χ4v) is 5.75. The normalized spacial score (nSPS) is 20.2. The molecule has 4 heterocycles. The molecule has 13 heteroatoms. The Kier molecular flexibility index (Phi) is 6.01. The van der Waals surface area contributed by atoms with Gasteiger partial charge in [0.15, 0.2) is 5.65 Å². The lowest BCUT2D eigenvalue weighted by Gasteiger charge is -2.32. The number of aromatic nitrogens is 5. The molecule has 1 aromatic carbocycles. The van der Waals surface area contributed by atoms with Crippen LogP contribution in [0.5, 0.6) is 0 Å². The van der Waals surface area contributed by atoms with Crippen molar-refractivity contribution in [2.45, 2.75) is 31.1 Å². The number of pyridine rings is 1. The molecule has 0 radical (unpaired) electrons. The van der Waals surface area contributed by atoms with Gasteiger partial charge in [0.05, 0.1) is 23.0 Å². The quantitative estimate of drug-likeness (QED) is 0.359. The van der Waals surface area contributed by atoms with Crippen LogP contribution in [0.4, 0.5) is 24.8 Å². The molecule has 3 atom stereocenters. The summed E-state index contributed by atoms with van der Waals surface area (Å²) in [5.74, 6) is -0.873. The zero-order valence-electron chi connectivity index (χ0n) is 21.0. The number of hydrogen-bond acceptors (Lipinski definition) is 7. The first-order valence-electron chi connectivity index (χ1n) is 12.5. The molecule has 204 valence electrons. The molecule has 0 spiro atoms. The van der Waals surface area contributed by atoms with Gasteiger partial charge in [-0.25, -0.2) is 19.6 Å². The fraction of sp³-hybridized carbons (Fsp3) is 0.259. The summed E-state index contributed by atoms with van der Waals surface area (Å²) >= 11 is 0. The van der Waals surface area contributed by atoms with Crippen LogP contribution in [-0.2, 0) is 11.0 Å². The third kappa shape index (κ3) is 4.23. The molecule has 1 aliphatic heterocycles. The van der Waals surface area contributed by atoms with Crippen molar-refractivity contribution in [3.63, 3.8) is 0 Å². The summed E-state index contributed by atoms with van der Waals surface area (Å²) in [4.78, 5) is 39.3. The molecule has 40 heavy (non-hydrogen) atoms. The van der Waals surface area contributed by atoms with Crippen LogP contribution >= 0.6 is 0 Å². The van der Waals surface area contributed by atoms with E-state index in [4.69, 9.17) is 10.8 Å². The molecule has 3 N–H and O–H groups in total. The molecule has 1 saturated carbocycles. The van der Waals surface area contributed by atoms with Gasteiger partial charge in [-0.3, -0.25) is 9.59 Å². The topological polar surface area (TPSA) is 132 Å². The number of alkyl halides is 3. The van der Waals surface area contributed by atoms with Crippen LogP contribution in [0.3, 0.4) is 0 Å². The number of benzene rings is 1. The fourth-order valence-electron chi connectivity index (χ4n) is 5.75. The lowest BCUT2D eigenvalue weighted by Crippen LogP contribution is -2.42. The lowest BCUT2D eigenvalue weighted by molar-refractivity contribution is -0.137. The summed E-state index contributed by atoms with van der Waals surface area (Å²) in [6.07, 6.45) is 0.873. The van der Waals surface area contributed by atoms with Gasteiger partial charge < -0.3 is 16.0 Å². The molecular formula is C27H23F3N8O2. The third-order valence-electron chi connectivity index (χ3n) is 7.50. The van der Waals surface area contributed by atoms with Crippen LogP contribution < -0.4 is 11.1 Å². The van der Waals surface area contributed by atoms with E-state index in [1.165, 1.54) is 30.7 Å². The number of nitrogens with one attached hydrogen (secondary N) is 1. The minimum Gasteiger partial charge on any atom is -0.383 e. The van der Waals surface area contributed by atoms with E-state index in [-0.39, 0.29) is 29.4 Å². The van der Waals surface area contributed by atoms with Gasteiger partial charge in [-0.1, -0.05) is 18.7 Å². The summed E-state index contributed by atoms with van der Waals surface area (Å²) < 4.78 is 41.7. The van der Waals surface area contributed by atoms with Crippen molar-refractivity contribution in [3.8, 4) is 11.3 Å². The summed E-state index contributed by atoms with van der Waals surface area (Å²) in [5, 5.41) is 7.63. The Morgan fingerprint density at radius 2 is 1.82 bits per heavy atom. The number of amides is 2. The van der Waals surface area contributed by atoms with E-state index in [0.717, 1.165) is 25.0 Å². The highest BCUT2D eigenvalue weighted by Gasteiger charge is 2.48. The number of nitrogens with two attached hydrogens (primary N) is 1. The zero-order valence-corrected chi connectivity index (χ0v) is 21.0. The van der Waals surface area contributed by atoms with Crippen molar-refractivity contribution in [2.75, 3.05) is 17.6 Å². The molecule has 2 fully saturated rings. The van der Waals surface area contributed by atoms with Crippen LogP contribution in [-0.4, -0.2) is 54.0 Å². The molecule has 2 bridgehead atoms. The third-order valence-corrected chi connectivity index (χ3v) is 7.50. The van der Waals surface area contributed by atoms with Gasteiger partial charge in [0, 0.05) is 23.9 Å². The van der Waals surface area contributed by atoms with Crippen LogP contribution in [0, 0.1) is 5.92 Å². The number of likely N-dealkylation sites (tertiary alicyclic amines) is 1. The standard InChI is InChI=1S/C27H23F3N8O2/c1-2-20(39)37-12-14-10-18(37)19(11-14)38-25-21(23(31)33-13-34-25)22(36-38)15-5-7-16(8-6-15)26(40)35-24-17(27(28,29)30)4-3-9-32-24/h2-9,13-14,18-19H,1,10-12H2,(H2,31,33,34)(H,32,35,40)/t14-,18+,19+/m1/s1. The number of anilines is 2. The van der Waals surface area contributed by atoms with E-state index >= 15 is 0 Å². The Morgan fingerprint density at radius 1 is 1.07 bits per heavy atom. The summed E-state index contributed by atoms with van der Waals surface area (Å²) in [5.41, 5.74) is 6.97. The van der Waals surface area contributed by atoms with Crippen LogP contribution in [0.25, 0.3) is 22.3 Å². The second kappa shape index (κ2) is 9.43. The monoisotopic (exact) mass is 548 g/mol. The molecule has 2 aliphatic rings. The van der Waals surface area contributed by atoms with Gasteiger partial charge in [0.1, 0.15) is 23.7 Å². The predicted molar refractivity (Wildman–Crippen MR) is 140 cm³/mol. The Morgan fingerprint density at radius 3 is 2.52 bits per heavy atom. The van der Waals surface area contributed by atoms with Crippen molar-refractivity contribution >= 4 is 34.5 Å². The highest BCUT2D eigenvalue weighted by molar-refractivity contribution is 6.05. The van der Waals surface area contributed by atoms with Gasteiger partial charge in [-0.15, -0.1) is 0 Å². The highest BCUT2D eigenvalue weighted by Crippen LogP contribution is 2.46.